The van der Waals surface area contributed by atoms with Crippen LogP contribution in [-0.2, 0) is 4.79 Å². The third-order valence-electron chi connectivity index (χ3n) is 4.95. The van der Waals surface area contributed by atoms with Crippen molar-refractivity contribution in [1.29, 1.82) is 0 Å². The number of fused-ring (bicyclic) bond motifs is 1. The highest BCUT2D eigenvalue weighted by molar-refractivity contribution is 5.74. The quantitative estimate of drug-likeness (QED) is 0.718. The summed E-state index contributed by atoms with van der Waals surface area (Å²) in [5, 5.41) is 0. The SMILES string of the molecule is CCCC1CCC2C(C)CCCC2N1C(C)=O. The molecule has 98 valence electrons. The second kappa shape index (κ2) is 5.41. The fraction of sp³-hybridized carbons (Fsp3) is 0.933. The first kappa shape index (κ1) is 12.9. The zero-order valence-corrected chi connectivity index (χ0v) is 11.6. The summed E-state index contributed by atoms with van der Waals surface area (Å²) >= 11 is 0. The van der Waals surface area contributed by atoms with E-state index in [0.29, 0.717) is 18.0 Å². The van der Waals surface area contributed by atoms with Crippen molar-refractivity contribution in [3.63, 3.8) is 0 Å². The van der Waals surface area contributed by atoms with Crippen molar-refractivity contribution < 1.29 is 4.79 Å². The number of carbonyl (C=O) groups is 1. The Morgan fingerprint density at radius 2 is 2.00 bits per heavy atom. The molecule has 2 aliphatic rings. The third kappa shape index (κ3) is 2.51. The Labute approximate surface area is 106 Å². The lowest BCUT2D eigenvalue weighted by atomic mass is 9.70. The molecule has 1 saturated carbocycles. The van der Waals surface area contributed by atoms with Crippen molar-refractivity contribution >= 4 is 5.91 Å². The molecule has 1 saturated heterocycles. The number of nitrogens with zero attached hydrogens (tertiary/aromatic N) is 1. The summed E-state index contributed by atoms with van der Waals surface area (Å²) in [7, 11) is 0. The topological polar surface area (TPSA) is 20.3 Å². The lowest BCUT2D eigenvalue weighted by Crippen LogP contribution is -2.55. The van der Waals surface area contributed by atoms with Crippen LogP contribution in [0.4, 0.5) is 0 Å². The van der Waals surface area contributed by atoms with Gasteiger partial charge in [-0.3, -0.25) is 4.79 Å². The minimum Gasteiger partial charge on any atom is -0.337 e. The van der Waals surface area contributed by atoms with Crippen LogP contribution in [-0.4, -0.2) is 22.9 Å². The van der Waals surface area contributed by atoms with E-state index >= 15 is 0 Å². The highest BCUT2D eigenvalue weighted by Gasteiger charge is 2.41. The van der Waals surface area contributed by atoms with Crippen molar-refractivity contribution in [2.45, 2.75) is 77.8 Å². The second-order valence-corrected chi connectivity index (χ2v) is 6.09. The molecule has 0 bridgehead atoms. The van der Waals surface area contributed by atoms with Gasteiger partial charge in [0.25, 0.3) is 0 Å². The molecule has 0 N–H and O–H groups in total. The summed E-state index contributed by atoms with van der Waals surface area (Å²) in [6, 6.07) is 1.09. The van der Waals surface area contributed by atoms with E-state index in [2.05, 4.69) is 18.7 Å². The third-order valence-corrected chi connectivity index (χ3v) is 4.95. The Kier molecular flexibility index (Phi) is 4.11. The molecule has 2 rings (SSSR count). The van der Waals surface area contributed by atoms with E-state index in [9.17, 15) is 4.79 Å². The number of rotatable bonds is 2. The molecular weight excluding hydrogens is 210 g/mol. The molecule has 2 fully saturated rings. The maximum Gasteiger partial charge on any atom is 0.219 e. The van der Waals surface area contributed by atoms with Gasteiger partial charge in [0.15, 0.2) is 0 Å². The number of carbonyl (C=O) groups excluding carboxylic acids is 1. The summed E-state index contributed by atoms with van der Waals surface area (Å²) in [4.78, 5) is 14.2. The summed E-state index contributed by atoms with van der Waals surface area (Å²) in [6.07, 6.45) is 8.89. The standard InChI is InChI=1S/C15H27NO/c1-4-6-13-9-10-14-11(2)7-5-8-15(14)16(13)12(3)17/h11,13-15H,4-10H2,1-3H3. The van der Waals surface area contributed by atoms with Gasteiger partial charge in [-0.2, -0.15) is 0 Å². The van der Waals surface area contributed by atoms with E-state index in [1.807, 2.05) is 0 Å². The molecule has 0 aromatic carbocycles. The van der Waals surface area contributed by atoms with Crippen LogP contribution < -0.4 is 0 Å². The van der Waals surface area contributed by atoms with E-state index in [4.69, 9.17) is 0 Å². The lowest BCUT2D eigenvalue weighted by Gasteiger charge is -2.50. The van der Waals surface area contributed by atoms with Crippen LogP contribution in [0.1, 0.15) is 65.7 Å². The highest BCUT2D eigenvalue weighted by atomic mass is 16.2. The predicted molar refractivity (Wildman–Crippen MR) is 70.7 cm³/mol. The Morgan fingerprint density at radius 1 is 1.24 bits per heavy atom. The van der Waals surface area contributed by atoms with Gasteiger partial charge in [-0.1, -0.05) is 33.1 Å². The number of amides is 1. The Hall–Kier alpha value is -0.530. The highest BCUT2D eigenvalue weighted by Crippen LogP contribution is 2.41. The molecule has 0 aromatic rings. The van der Waals surface area contributed by atoms with Crippen molar-refractivity contribution in [2.24, 2.45) is 11.8 Å². The lowest BCUT2D eigenvalue weighted by molar-refractivity contribution is -0.140. The molecule has 2 nitrogen and oxygen atoms in total. The number of likely N-dealkylation sites (tertiary alicyclic amines) is 1. The van der Waals surface area contributed by atoms with E-state index < -0.39 is 0 Å². The molecule has 0 aromatic heterocycles. The van der Waals surface area contributed by atoms with Gasteiger partial charge in [0.1, 0.15) is 0 Å². The van der Waals surface area contributed by atoms with E-state index in [1.165, 1.54) is 44.9 Å². The Balaban J connectivity index is 2.15. The first-order valence-corrected chi connectivity index (χ1v) is 7.44. The van der Waals surface area contributed by atoms with Gasteiger partial charge < -0.3 is 4.90 Å². The van der Waals surface area contributed by atoms with Gasteiger partial charge in [0.2, 0.25) is 5.91 Å². The summed E-state index contributed by atoms with van der Waals surface area (Å²) in [5.41, 5.74) is 0. The fourth-order valence-electron chi connectivity index (χ4n) is 4.18. The molecule has 4 unspecified atom stereocenters. The van der Waals surface area contributed by atoms with Crippen LogP contribution in [0.15, 0.2) is 0 Å². The average molecular weight is 237 g/mol. The molecule has 17 heavy (non-hydrogen) atoms. The molecule has 1 amide bonds. The smallest absolute Gasteiger partial charge is 0.219 e. The van der Waals surface area contributed by atoms with Gasteiger partial charge in [-0.25, -0.2) is 0 Å². The zero-order chi connectivity index (χ0) is 12.4. The Morgan fingerprint density at radius 3 is 2.65 bits per heavy atom. The number of hydrogen-bond acceptors (Lipinski definition) is 1. The second-order valence-electron chi connectivity index (χ2n) is 6.09. The van der Waals surface area contributed by atoms with Crippen molar-refractivity contribution in [1.82, 2.24) is 4.90 Å². The largest absolute Gasteiger partial charge is 0.337 e. The maximum atomic E-state index is 12.0. The van der Waals surface area contributed by atoms with Crippen molar-refractivity contribution in [3.05, 3.63) is 0 Å². The molecule has 4 atom stereocenters. The minimum absolute atomic E-state index is 0.312. The van der Waals surface area contributed by atoms with Crippen LogP contribution in [0.2, 0.25) is 0 Å². The summed E-state index contributed by atoms with van der Waals surface area (Å²) in [6.45, 7) is 6.38. The fourth-order valence-corrected chi connectivity index (χ4v) is 4.18. The van der Waals surface area contributed by atoms with Gasteiger partial charge in [0.05, 0.1) is 0 Å². The number of hydrogen-bond donors (Lipinski definition) is 0. The molecule has 1 aliphatic carbocycles. The average Bonchev–Trinajstić information content (AvgIpc) is 2.29. The van der Waals surface area contributed by atoms with Crippen molar-refractivity contribution in [2.75, 3.05) is 0 Å². The molecule has 1 aliphatic heterocycles. The molecule has 0 spiro atoms. The van der Waals surface area contributed by atoms with E-state index in [0.717, 1.165) is 11.8 Å². The van der Waals surface area contributed by atoms with Crippen LogP contribution in [0, 0.1) is 11.8 Å². The molecule has 2 heteroatoms. The van der Waals surface area contributed by atoms with Gasteiger partial charge in [-0.05, 0) is 37.5 Å². The first-order chi connectivity index (χ1) is 8.15. The summed E-state index contributed by atoms with van der Waals surface area (Å²) < 4.78 is 0. The van der Waals surface area contributed by atoms with Gasteiger partial charge in [0, 0.05) is 19.0 Å². The van der Waals surface area contributed by atoms with E-state index in [1.54, 1.807) is 6.92 Å². The van der Waals surface area contributed by atoms with Gasteiger partial charge >= 0.3 is 0 Å². The normalized spacial score (nSPS) is 37.7. The van der Waals surface area contributed by atoms with Crippen LogP contribution in [0.25, 0.3) is 0 Å². The van der Waals surface area contributed by atoms with E-state index in [-0.39, 0.29) is 0 Å². The maximum absolute atomic E-state index is 12.0. The van der Waals surface area contributed by atoms with Crippen LogP contribution >= 0.6 is 0 Å². The zero-order valence-electron chi connectivity index (χ0n) is 11.6. The Bertz CT molecular complexity index is 276. The van der Waals surface area contributed by atoms with Crippen LogP contribution in [0.3, 0.4) is 0 Å². The number of piperidine rings is 1. The minimum atomic E-state index is 0.312. The molecule has 1 heterocycles. The molecular formula is C15H27NO. The summed E-state index contributed by atoms with van der Waals surface area (Å²) in [5.74, 6) is 1.91. The van der Waals surface area contributed by atoms with Gasteiger partial charge in [-0.15, -0.1) is 0 Å². The van der Waals surface area contributed by atoms with Crippen LogP contribution in [0.5, 0.6) is 0 Å². The molecule has 0 radical (unpaired) electrons. The van der Waals surface area contributed by atoms with Crippen molar-refractivity contribution in [3.8, 4) is 0 Å². The predicted octanol–water partition coefficient (Wildman–Crippen LogP) is 3.60. The monoisotopic (exact) mass is 237 g/mol. The first-order valence-electron chi connectivity index (χ1n) is 7.44.